The van der Waals surface area contributed by atoms with E-state index in [1.54, 1.807) is 0 Å². The van der Waals surface area contributed by atoms with Crippen LogP contribution < -0.4 is 5.73 Å². The van der Waals surface area contributed by atoms with Gasteiger partial charge in [-0.2, -0.15) is 0 Å². The van der Waals surface area contributed by atoms with E-state index in [0.29, 0.717) is 4.99 Å². The first-order chi connectivity index (χ1) is 8.27. The predicted octanol–water partition coefficient (Wildman–Crippen LogP) is 0.995. The molecule has 102 valence electrons. The Balaban J connectivity index is 1.95. The van der Waals surface area contributed by atoms with Crippen molar-refractivity contribution in [2.45, 2.75) is 39.2 Å². The lowest BCUT2D eigenvalue weighted by Crippen LogP contribution is -2.56. The Hall–Kier alpha value is -0.680. The summed E-state index contributed by atoms with van der Waals surface area (Å²) in [7, 11) is 0. The monoisotopic (exact) mass is 269 g/mol. The summed E-state index contributed by atoms with van der Waals surface area (Å²) in [5, 5.41) is 0. The lowest BCUT2D eigenvalue weighted by molar-refractivity contribution is -0.137. The molecule has 18 heavy (non-hydrogen) atoms. The van der Waals surface area contributed by atoms with Crippen LogP contribution in [0.4, 0.5) is 0 Å². The van der Waals surface area contributed by atoms with Crippen LogP contribution in [0.3, 0.4) is 0 Å². The molecule has 2 rings (SSSR count). The van der Waals surface area contributed by atoms with Crippen molar-refractivity contribution in [2.24, 2.45) is 11.1 Å². The number of amides is 1. The number of thiocarbonyl (C=S) groups is 1. The summed E-state index contributed by atoms with van der Waals surface area (Å²) in [6, 6.07) is 0. The van der Waals surface area contributed by atoms with Crippen LogP contribution in [0.15, 0.2) is 0 Å². The van der Waals surface area contributed by atoms with E-state index in [4.69, 9.17) is 18.0 Å². The van der Waals surface area contributed by atoms with E-state index in [2.05, 4.69) is 25.7 Å². The predicted molar refractivity (Wildman–Crippen MR) is 76.4 cm³/mol. The molecule has 5 heteroatoms. The summed E-state index contributed by atoms with van der Waals surface area (Å²) < 4.78 is 0. The fourth-order valence-corrected chi connectivity index (χ4v) is 2.87. The van der Waals surface area contributed by atoms with Crippen molar-refractivity contribution >= 4 is 23.1 Å². The maximum Gasteiger partial charge on any atom is 0.235 e. The average Bonchev–Trinajstić information content (AvgIpc) is 3.08. The fourth-order valence-electron chi connectivity index (χ4n) is 2.57. The van der Waals surface area contributed by atoms with Gasteiger partial charge in [0, 0.05) is 31.7 Å². The Bertz CT molecular complexity index is 363. The standard InChI is InChI=1S/C13H23N3OS/c1-12(2,3)16-8-6-15(7-9-16)11(17)13(4-5-13)10(14)18/h4-9H2,1-3H3,(H2,14,18). The lowest BCUT2D eigenvalue weighted by atomic mass is 10.0. The third kappa shape index (κ3) is 2.38. The minimum atomic E-state index is -0.487. The second-order valence-electron chi connectivity index (χ2n) is 6.40. The molecule has 1 saturated carbocycles. The molecule has 2 fully saturated rings. The molecule has 0 aromatic heterocycles. The third-order valence-corrected chi connectivity index (χ3v) is 4.54. The highest BCUT2D eigenvalue weighted by atomic mass is 32.1. The summed E-state index contributed by atoms with van der Waals surface area (Å²) in [6.07, 6.45) is 1.67. The molecule has 1 saturated heterocycles. The Morgan fingerprint density at radius 2 is 1.67 bits per heavy atom. The first-order valence-electron chi connectivity index (χ1n) is 6.62. The van der Waals surface area contributed by atoms with Crippen LogP contribution in [0.1, 0.15) is 33.6 Å². The van der Waals surface area contributed by atoms with Gasteiger partial charge in [-0.15, -0.1) is 0 Å². The summed E-state index contributed by atoms with van der Waals surface area (Å²) in [6.45, 7) is 10.1. The van der Waals surface area contributed by atoms with Crippen LogP contribution in [0.25, 0.3) is 0 Å². The number of piperazine rings is 1. The van der Waals surface area contributed by atoms with Gasteiger partial charge in [-0.3, -0.25) is 9.69 Å². The van der Waals surface area contributed by atoms with Crippen LogP contribution in [0.5, 0.6) is 0 Å². The van der Waals surface area contributed by atoms with Crippen molar-refractivity contribution in [3.05, 3.63) is 0 Å². The quantitative estimate of drug-likeness (QED) is 0.760. The molecule has 1 aliphatic carbocycles. The van der Waals surface area contributed by atoms with Gasteiger partial charge in [0.2, 0.25) is 5.91 Å². The highest BCUT2D eigenvalue weighted by Gasteiger charge is 2.54. The van der Waals surface area contributed by atoms with E-state index in [0.717, 1.165) is 39.0 Å². The molecule has 0 spiro atoms. The third-order valence-electron chi connectivity index (χ3n) is 4.15. The second-order valence-corrected chi connectivity index (χ2v) is 6.84. The number of hydrogen-bond donors (Lipinski definition) is 1. The number of carbonyl (C=O) groups excluding carboxylic acids is 1. The molecule has 0 unspecified atom stereocenters. The minimum Gasteiger partial charge on any atom is -0.392 e. The van der Waals surface area contributed by atoms with Gasteiger partial charge in [0.1, 0.15) is 0 Å². The zero-order valence-electron chi connectivity index (χ0n) is 11.5. The fraction of sp³-hybridized carbons (Fsp3) is 0.846. The molecule has 2 aliphatic rings. The van der Waals surface area contributed by atoms with Crippen LogP contribution >= 0.6 is 12.2 Å². The van der Waals surface area contributed by atoms with E-state index in [9.17, 15) is 4.79 Å². The van der Waals surface area contributed by atoms with Crippen molar-refractivity contribution in [2.75, 3.05) is 26.2 Å². The van der Waals surface area contributed by atoms with Crippen LogP contribution in [0, 0.1) is 5.41 Å². The van der Waals surface area contributed by atoms with Gasteiger partial charge in [0.05, 0.1) is 10.4 Å². The smallest absolute Gasteiger partial charge is 0.235 e. The zero-order valence-corrected chi connectivity index (χ0v) is 12.3. The van der Waals surface area contributed by atoms with Gasteiger partial charge < -0.3 is 10.6 Å². The SMILES string of the molecule is CC(C)(C)N1CCN(C(=O)C2(C(N)=S)CC2)CC1. The minimum absolute atomic E-state index is 0.156. The molecule has 0 bridgehead atoms. The normalized spacial score (nSPS) is 23.8. The molecular formula is C13H23N3OS. The van der Waals surface area contributed by atoms with Crippen molar-refractivity contribution in [3.63, 3.8) is 0 Å². The van der Waals surface area contributed by atoms with Gasteiger partial charge in [-0.05, 0) is 33.6 Å². The first-order valence-corrected chi connectivity index (χ1v) is 7.02. The maximum atomic E-state index is 12.4. The summed E-state index contributed by atoms with van der Waals surface area (Å²) in [5.41, 5.74) is 5.40. The summed E-state index contributed by atoms with van der Waals surface area (Å²) >= 11 is 5.04. The van der Waals surface area contributed by atoms with Crippen molar-refractivity contribution in [1.82, 2.24) is 9.80 Å². The van der Waals surface area contributed by atoms with Crippen LogP contribution in [-0.4, -0.2) is 52.4 Å². The number of rotatable bonds is 2. The van der Waals surface area contributed by atoms with Gasteiger partial charge in [0.25, 0.3) is 0 Å². The Labute approximate surface area is 114 Å². The van der Waals surface area contributed by atoms with E-state index < -0.39 is 5.41 Å². The maximum absolute atomic E-state index is 12.4. The highest BCUT2D eigenvalue weighted by Crippen LogP contribution is 2.47. The van der Waals surface area contributed by atoms with Gasteiger partial charge in [0.15, 0.2) is 0 Å². The van der Waals surface area contributed by atoms with E-state index in [1.807, 2.05) is 4.90 Å². The Morgan fingerprint density at radius 3 is 2.00 bits per heavy atom. The topological polar surface area (TPSA) is 49.6 Å². The van der Waals surface area contributed by atoms with E-state index >= 15 is 0 Å². The molecule has 2 N–H and O–H groups in total. The first kappa shape index (κ1) is 13.7. The number of carbonyl (C=O) groups is 1. The Morgan fingerprint density at radius 1 is 1.17 bits per heavy atom. The number of hydrogen-bond acceptors (Lipinski definition) is 3. The molecule has 0 aromatic carbocycles. The van der Waals surface area contributed by atoms with Crippen LogP contribution in [-0.2, 0) is 4.79 Å². The van der Waals surface area contributed by atoms with E-state index in [1.165, 1.54) is 0 Å². The second kappa shape index (κ2) is 4.46. The summed E-state index contributed by atoms with van der Waals surface area (Å²) in [4.78, 5) is 17.2. The molecule has 4 nitrogen and oxygen atoms in total. The van der Waals surface area contributed by atoms with Crippen molar-refractivity contribution in [1.29, 1.82) is 0 Å². The lowest BCUT2D eigenvalue weighted by Gasteiger charge is -2.43. The van der Waals surface area contributed by atoms with Gasteiger partial charge >= 0.3 is 0 Å². The van der Waals surface area contributed by atoms with Crippen molar-refractivity contribution in [3.8, 4) is 0 Å². The molecule has 1 aliphatic heterocycles. The molecule has 1 heterocycles. The summed E-state index contributed by atoms with van der Waals surface area (Å²) in [5.74, 6) is 0.156. The van der Waals surface area contributed by atoms with Gasteiger partial charge in [-0.1, -0.05) is 12.2 Å². The zero-order chi connectivity index (χ0) is 13.6. The molecule has 1 amide bonds. The highest BCUT2D eigenvalue weighted by molar-refractivity contribution is 7.80. The molecule has 0 radical (unpaired) electrons. The van der Waals surface area contributed by atoms with Crippen LogP contribution in [0.2, 0.25) is 0 Å². The van der Waals surface area contributed by atoms with E-state index in [-0.39, 0.29) is 11.4 Å². The Kier molecular flexibility index (Phi) is 3.40. The molecule has 0 aromatic rings. The number of nitrogens with zero attached hydrogens (tertiary/aromatic N) is 2. The largest absolute Gasteiger partial charge is 0.392 e. The van der Waals surface area contributed by atoms with Gasteiger partial charge in [-0.25, -0.2) is 0 Å². The molecule has 0 atom stereocenters. The average molecular weight is 269 g/mol. The van der Waals surface area contributed by atoms with Crippen molar-refractivity contribution < 1.29 is 4.79 Å². The number of nitrogens with two attached hydrogens (primary N) is 1. The molecular weight excluding hydrogens is 246 g/mol.